The quantitative estimate of drug-likeness (QED) is 0.0500. The number of carbonyl (C=O) groups is 3. The van der Waals surface area contributed by atoms with Crippen LogP contribution < -0.4 is 43.3 Å². The van der Waals surface area contributed by atoms with Gasteiger partial charge in [-0.05, 0) is 101 Å². The van der Waals surface area contributed by atoms with E-state index in [1.54, 1.807) is 32.9 Å². The number of para-hydroxylation sites is 1. The van der Waals surface area contributed by atoms with Gasteiger partial charge in [0.15, 0.2) is 23.0 Å². The Morgan fingerprint density at radius 2 is 0.850 bits per heavy atom. The highest BCUT2D eigenvalue weighted by Gasteiger charge is 2.38. The molecule has 6 saturated heterocycles. The van der Waals surface area contributed by atoms with E-state index in [0.717, 1.165) is 57.2 Å². The first-order valence-corrected chi connectivity index (χ1v) is 40.7. The van der Waals surface area contributed by atoms with Crippen molar-refractivity contribution in [2.45, 2.75) is 51.6 Å². The fourth-order valence-electron chi connectivity index (χ4n) is 15.7. The molecule has 6 aliphatic rings. The average molecular weight is 1740 g/mol. The van der Waals surface area contributed by atoms with Crippen LogP contribution in [0.5, 0.6) is 46.8 Å². The number of nitrogens with one attached hydrogen (secondary N) is 3. The third-order valence-corrected chi connectivity index (χ3v) is 23.5. The summed E-state index contributed by atoms with van der Waals surface area (Å²) in [5.41, 5.74) is 2.65. The van der Waals surface area contributed by atoms with Gasteiger partial charge in [0.1, 0.15) is 90.0 Å². The number of likely N-dealkylation sites (N-methyl/N-ethyl adjacent to an activating group) is 2. The van der Waals surface area contributed by atoms with E-state index in [9.17, 15) is 27.6 Å². The number of amides is 3. The van der Waals surface area contributed by atoms with Gasteiger partial charge in [0.2, 0.25) is 35.4 Å². The second-order valence-electron chi connectivity index (χ2n) is 30.5. The number of hydrogen-bond donors (Lipinski definition) is 3. The maximum absolute atomic E-state index is 14.7. The predicted octanol–water partition coefficient (Wildman–Crippen LogP) is 13.7. The van der Waals surface area contributed by atoms with E-state index >= 15 is 0 Å². The number of nitrogens with zero attached hydrogens (tertiary/aromatic N) is 20. The Balaban J connectivity index is 0.000000134. The average Bonchev–Trinajstić information content (AvgIpc) is 0.757. The van der Waals surface area contributed by atoms with Crippen molar-refractivity contribution in [2.24, 2.45) is 5.41 Å². The number of aromatic amines is 3. The van der Waals surface area contributed by atoms with Gasteiger partial charge in [-0.1, -0.05) is 97.7 Å². The second kappa shape index (κ2) is 34.7. The number of carbonyl (C=O) groups excluding carboxylic acids is 3. The molecule has 4 aromatic carbocycles. The number of rotatable bonds is 19. The standard InChI is InChI=1S/C28H29ClFN7O3.C27H27Cl2FN8O3.C26H25Cl2FN8O2/c1-3-23(38)36-10-12-37(13-11-36)27-18-7-4-8-22(40-26-19-15-31-34-21(19)14-20(30)24(26)29)25(18)32-28(33-27)39-16-17-6-5-9-35(17)2;1-3-21(39)37-7-9-38(10-8-37)25-16-11-20(28)32-26(41-24-17-13-31-35-19(17)12-18(30)22(24)29)23(16)33-27(34-25)40-14-15-5-4-6-36(15)2;1-4-19(38)35-5-7-36(8-6-35)23-14-9-18(27)31-24(21(14)32-25(33-23)37-12-26(2,3)13-37)39-22-15-11-30-34-17(15)10-16(29)20(22)28/h3-4,7-8,14-15,17H,1,5-6,9-13,16H2,2H3,(H,31,34);3,11-13,15H,1,4-10,14H2,2H3,(H,31,35);4,9-11H,1,5-8,12-13H2,2-3H3,(H,30,34)/t17-;15-;/m10./s1. The minimum atomic E-state index is -0.684. The first-order valence-electron chi connectivity index (χ1n) is 38.8. The normalized spacial score (nSPS) is 17.6. The number of fused-ring (bicyclic) bond motifs is 6. The number of piperazine rings is 3. The lowest BCUT2D eigenvalue weighted by molar-refractivity contribution is -0.127. The largest absolute Gasteiger partial charge is 0.462 e. The molecule has 2 atom stereocenters. The monoisotopic (exact) mass is 1740 g/mol. The topological polar surface area (TPSA) is 316 Å². The summed E-state index contributed by atoms with van der Waals surface area (Å²) in [6.45, 7) is 25.9. The van der Waals surface area contributed by atoms with Crippen LogP contribution in [0.25, 0.3) is 65.4 Å². The van der Waals surface area contributed by atoms with Crippen LogP contribution in [0.3, 0.4) is 0 Å². The molecule has 120 heavy (non-hydrogen) atoms. The SMILES string of the molecule is C=CC(=O)N1CCN(c2nc(N3CC(C)(C)C3)nc3c(Oc4c(Cl)c(F)cc5[nH]ncc45)nc(Cl)cc23)CC1.C=CC(=O)N1CCN(c2nc(OC[C@@H]3CCCN3C)nc3c(Oc4c(Cl)c(F)cc5[nH]ncc45)nc(Cl)cc23)CC1.C=CC(=O)N1CCN(c2nc(OC[C@H]3CCCN3C)nc3c(Oc4c(Cl)c(F)cc5[nH]ncc45)cccc23)CC1. The zero-order valence-corrected chi connectivity index (χ0v) is 69.4. The molecule has 14 heterocycles. The Morgan fingerprint density at radius 3 is 1.24 bits per heavy atom. The lowest BCUT2D eigenvalue weighted by Crippen LogP contribution is -2.54. The van der Waals surface area contributed by atoms with Crippen LogP contribution in [-0.4, -0.2) is 257 Å². The Morgan fingerprint density at radius 1 is 0.467 bits per heavy atom. The smallest absolute Gasteiger partial charge is 0.319 e. The van der Waals surface area contributed by atoms with Crippen LogP contribution in [0.1, 0.15) is 39.5 Å². The van der Waals surface area contributed by atoms with E-state index in [4.69, 9.17) is 107 Å². The number of pyridine rings is 2. The first-order chi connectivity index (χ1) is 57.9. The minimum absolute atomic E-state index is 0.00876. The molecule has 3 amide bonds. The number of benzene rings is 4. The van der Waals surface area contributed by atoms with Crippen molar-refractivity contribution >= 4 is 165 Å². The summed E-state index contributed by atoms with van der Waals surface area (Å²) in [5, 5.41) is 23.3. The molecule has 0 bridgehead atoms. The van der Waals surface area contributed by atoms with Gasteiger partial charge >= 0.3 is 12.0 Å². The number of likely N-dealkylation sites (tertiary alicyclic amines) is 2. The molecule has 12 aromatic rings. The molecule has 18 rings (SSSR count). The van der Waals surface area contributed by atoms with Gasteiger partial charge in [0, 0.05) is 127 Å². The molecule has 0 aliphatic carbocycles. The molecule has 31 nitrogen and oxygen atoms in total. The third-order valence-electron chi connectivity index (χ3n) is 22.1. The summed E-state index contributed by atoms with van der Waals surface area (Å²) in [5.74, 6) is 0.788. The number of halogens is 8. The minimum Gasteiger partial charge on any atom is -0.462 e. The van der Waals surface area contributed by atoms with Crippen LogP contribution in [0.4, 0.5) is 36.6 Å². The summed E-state index contributed by atoms with van der Waals surface area (Å²) >= 11 is 31.9. The molecule has 0 saturated carbocycles. The zero-order chi connectivity index (χ0) is 83.9. The highest BCUT2D eigenvalue weighted by Crippen LogP contribution is 2.47. The van der Waals surface area contributed by atoms with Crippen LogP contribution in [-0.2, 0) is 14.4 Å². The summed E-state index contributed by atoms with van der Waals surface area (Å²) in [4.78, 5) is 92.1. The summed E-state index contributed by atoms with van der Waals surface area (Å²) in [6, 6.07) is 13.5. The summed E-state index contributed by atoms with van der Waals surface area (Å²) in [6.07, 6.45) is 12.8. The van der Waals surface area contributed by atoms with Crippen LogP contribution >= 0.6 is 58.0 Å². The summed E-state index contributed by atoms with van der Waals surface area (Å²) < 4.78 is 74.8. The Hall–Kier alpha value is -11.4. The molecule has 0 radical (unpaired) electrons. The van der Waals surface area contributed by atoms with E-state index in [0.29, 0.717) is 181 Å². The van der Waals surface area contributed by atoms with Gasteiger partial charge in [-0.2, -0.15) is 50.2 Å². The fraction of sp³-hybridized carbons (Fsp3) is 0.358. The van der Waals surface area contributed by atoms with Gasteiger partial charge in [-0.3, -0.25) is 29.7 Å². The van der Waals surface area contributed by atoms with Crippen molar-refractivity contribution in [3.8, 4) is 46.8 Å². The van der Waals surface area contributed by atoms with Crippen molar-refractivity contribution in [3.05, 3.63) is 148 Å². The van der Waals surface area contributed by atoms with Crippen molar-refractivity contribution < 1.29 is 51.2 Å². The summed E-state index contributed by atoms with van der Waals surface area (Å²) in [7, 11) is 4.15. The first kappa shape index (κ1) is 82.3. The number of ether oxygens (including phenoxy) is 5. The van der Waals surface area contributed by atoms with Gasteiger partial charge in [-0.15, -0.1) is 0 Å². The van der Waals surface area contributed by atoms with Crippen LogP contribution in [0.15, 0.2) is 105 Å². The molecule has 3 N–H and O–H groups in total. The Labute approximate surface area is 709 Å². The van der Waals surface area contributed by atoms with Gasteiger partial charge in [0.05, 0.1) is 62.1 Å². The van der Waals surface area contributed by atoms with E-state index in [1.807, 2.05) is 17.0 Å². The Bertz CT molecular complexity index is 5990. The lowest BCUT2D eigenvalue weighted by Gasteiger charge is -2.46. The molecule has 39 heteroatoms. The van der Waals surface area contributed by atoms with E-state index in [1.165, 1.54) is 55.0 Å². The molecule has 0 spiro atoms. The molecule has 6 aliphatic heterocycles. The second-order valence-corrected chi connectivity index (χ2v) is 32.4. The molecule has 0 unspecified atom stereocenters. The van der Waals surface area contributed by atoms with Gasteiger partial charge in [-0.25, -0.2) is 18.2 Å². The Kier molecular flexibility index (Phi) is 23.8. The lowest BCUT2D eigenvalue weighted by atomic mass is 9.85. The molecular weight excluding hydrogens is 1660 g/mol. The van der Waals surface area contributed by atoms with E-state index in [-0.39, 0.29) is 102 Å². The molecule has 6 fully saturated rings. The maximum Gasteiger partial charge on any atom is 0.319 e. The van der Waals surface area contributed by atoms with E-state index < -0.39 is 17.5 Å². The highest BCUT2D eigenvalue weighted by molar-refractivity contribution is 6.35. The number of anilines is 4. The predicted molar refractivity (Wildman–Crippen MR) is 453 cm³/mol. The van der Waals surface area contributed by atoms with Crippen LogP contribution in [0, 0.1) is 22.9 Å². The van der Waals surface area contributed by atoms with Crippen LogP contribution in [0.2, 0.25) is 25.4 Å². The zero-order valence-electron chi connectivity index (χ0n) is 65.6. The molecule has 8 aromatic heterocycles. The molecule has 624 valence electrons. The van der Waals surface area contributed by atoms with Crippen molar-refractivity contribution in [1.29, 1.82) is 0 Å². The van der Waals surface area contributed by atoms with Crippen molar-refractivity contribution in [1.82, 2.24) is 95.0 Å². The van der Waals surface area contributed by atoms with Gasteiger partial charge in [0.25, 0.3) is 0 Å². The maximum atomic E-state index is 14.7. The highest BCUT2D eigenvalue weighted by atomic mass is 35.5. The van der Waals surface area contributed by atoms with Gasteiger partial charge < -0.3 is 67.8 Å². The number of hydrogen-bond acceptors (Lipinski definition) is 25. The number of H-pyrrole nitrogens is 3. The fourth-order valence-corrected chi connectivity index (χ4v) is 16.6. The molecular formula is C81H81Cl5F3N23O8. The number of aromatic nitrogens is 14. The van der Waals surface area contributed by atoms with E-state index in [2.05, 4.69) is 118 Å². The third kappa shape index (κ3) is 17.0. The van der Waals surface area contributed by atoms with Crippen molar-refractivity contribution in [2.75, 3.05) is 152 Å². The van der Waals surface area contributed by atoms with Crippen molar-refractivity contribution in [3.63, 3.8) is 0 Å².